The van der Waals surface area contributed by atoms with Crippen molar-refractivity contribution in [3.63, 3.8) is 0 Å². The maximum absolute atomic E-state index is 12.5. The summed E-state index contributed by atoms with van der Waals surface area (Å²) in [4.78, 5) is 28.2. The molecule has 234 valence electrons. The molecule has 0 bridgehead atoms. The number of benzene rings is 1. The molecular formula is C34H36N10O2. The number of carbonyl (C=O) groups excluding carboxylic acids is 1. The van der Waals surface area contributed by atoms with Crippen LogP contribution in [0.4, 0.5) is 11.6 Å². The zero-order valence-electron chi connectivity index (χ0n) is 25.8. The summed E-state index contributed by atoms with van der Waals surface area (Å²) in [5, 5.41) is 26.1. The minimum absolute atomic E-state index is 0.124. The third kappa shape index (κ3) is 6.73. The topological polar surface area (TPSA) is 160 Å². The number of fused-ring (bicyclic) bond motifs is 1. The number of nitrogens with one attached hydrogen (secondary N) is 1. The van der Waals surface area contributed by atoms with Crippen molar-refractivity contribution in [1.82, 2.24) is 40.1 Å². The first-order valence-electron chi connectivity index (χ1n) is 15.5. The standard InChI is InChI=1S/C34H36N10O2/c1-3-8-23-21-43(20-22(2)17-25(23)26-18-27(40-41-33(26)35)24-9-4-5-10-29(24)45)31-12-15-36-30(39-31)11-6-13-38-34(46)28-19-32-37-14-7-16-44(32)42-28/h4-5,7,9-10,12,14-16,18-19,22-23,25,45H,3,8,13,17,20-21H2,1-2H3,(H2,35,41)(H,38,46). The molecule has 12 heteroatoms. The Morgan fingerprint density at radius 1 is 1.11 bits per heavy atom. The minimum Gasteiger partial charge on any atom is -0.507 e. The second kappa shape index (κ2) is 13.6. The summed E-state index contributed by atoms with van der Waals surface area (Å²) < 4.78 is 1.55. The largest absolute Gasteiger partial charge is 0.507 e. The van der Waals surface area contributed by atoms with E-state index < -0.39 is 0 Å². The Morgan fingerprint density at radius 3 is 2.80 bits per heavy atom. The van der Waals surface area contributed by atoms with Crippen LogP contribution in [-0.2, 0) is 0 Å². The lowest BCUT2D eigenvalue weighted by atomic mass is 9.79. The molecule has 4 N–H and O–H groups in total. The quantitative estimate of drug-likeness (QED) is 0.227. The Bertz CT molecular complexity index is 1880. The lowest BCUT2D eigenvalue weighted by Gasteiger charge is -2.29. The number of nitrogens with zero attached hydrogens (tertiary/aromatic N) is 8. The van der Waals surface area contributed by atoms with Gasteiger partial charge in [-0.15, -0.1) is 10.2 Å². The zero-order chi connectivity index (χ0) is 32.0. The van der Waals surface area contributed by atoms with E-state index in [0.717, 1.165) is 43.7 Å². The summed E-state index contributed by atoms with van der Waals surface area (Å²) in [6.45, 7) is 6.16. The van der Waals surface area contributed by atoms with Gasteiger partial charge in [0.2, 0.25) is 5.82 Å². The van der Waals surface area contributed by atoms with Gasteiger partial charge in [-0.3, -0.25) is 4.79 Å². The number of para-hydroxylation sites is 1. The van der Waals surface area contributed by atoms with Crippen LogP contribution in [0, 0.1) is 23.7 Å². The van der Waals surface area contributed by atoms with Crippen LogP contribution in [0.25, 0.3) is 16.9 Å². The van der Waals surface area contributed by atoms with Crippen LogP contribution in [-0.4, -0.2) is 65.4 Å². The number of amides is 1. The summed E-state index contributed by atoms with van der Waals surface area (Å²) in [7, 11) is 0. The first-order chi connectivity index (χ1) is 22.4. The molecule has 1 amide bonds. The lowest BCUT2D eigenvalue weighted by Crippen LogP contribution is -2.32. The summed E-state index contributed by atoms with van der Waals surface area (Å²) in [6, 6.07) is 14.4. The van der Waals surface area contributed by atoms with Crippen LogP contribution < -0.4 is 16.0 Å². The third-order valence-corrected chi connectivity index (χ3v) is 8.28. The van der Waals surface area contributed by atoms with Gasteiger partial charge in [0, 0.05) is 48.9 Å². The fourth-order valence-electron chi connectivity index (χ4n) is 6.19. The Balaban J connectivity index is 1.18. The number of anilines is 2. The average Bonchev–Trinajstić information content (AvgIpc) is 3.43. The highest BCUT2D eigenvalue weighted by molar-refractivity contribution is 5.93. The van der Waals surface area contributed by atoms with Gasteiger partial charge >= 0.3 is 0 Å². The van der Waals surface area contributed by atoms with E-state index in [2.05, 4.69) is 61.2 Å². The minimum atomic E-state index is -0.331. The van der Waals surface area contributed by atoms with Crippen LogP contribution in [0.3, 0.4) is 0 Å². The zero-order valence-corrected chi connectivity index (χ0v) is 25.8. The van der Waals surface area contributed by atoms with Gasteiger partial charge in [0.15, 0.2) is 11.3 Å². The van der Waals surface area contributed by atoms with Gasteiger partial charge in [-0.25, -0.2) is 19.5 Å². The number of nitrogens with two attached hydrogens (primary N) is 1. The van der Waals surface area contributed by atoms with E-state index in [-0.39, 0.29) is 35.7 Å². The second-order valence-electron chi connectivity index (χ2n) is 11.7. The van der Waals surface area contributed by atoms with E-state index in [1.54, 1.807) is 47.4 Å². The first-order valence-corrected chi connectivity index (χ1v) is 15.5. The monoisotopic (exact) mass is 616 g/mol. The molecule has 5 aromatic rings. The van der Waals surface area contributed by atoms with Crippen molar-refractivity contribution in [3.05, 3.63) is 84.2 Å². The number of phenolic OH excluding ortho intramolecular Hbond substituents is 1. The molecule has 0 spiro atoms. The molecule has 1 fully saturated rings. The van der Waals surface area contributed by atoms with Gasteiger partial charge in [-0.1, -0.05) is 38.3 Å². The number of hydrogen-bond acceptors (Lipinski definition) is 10. The second-order valence-corrected chi connectivity index (χ2v) is 11.7. The van der Waals surface area contributed by atoms with Gasteiger partial charge in [-0.05, 0) is 66.8 Å². The summed E-state index contributed by atoms with van der Waals surface area (Å²) in [5.74, 6) is 8.17. The third-order valence-electron chi connectivity index (χ3n) is 8.28. The molecule has 0 radical (unpaired) electrons. The predicted octanol–water partition coefficient (Wildman–Crippen LogP) is 4.09. The summed E-state index contributed by atoms with van der Waals surface area (Å²) >= 11 is 0. The Kier molecular flexibility index (Phi) is 9.01. The average molecular weight is 617 g/mol. The van der Waals surface area contributed by atoms with Crippen LogP contribution in [0.15, 0.2) is 67.1 Å². The number of nitrogen functional groups attached to an aromatic ring is 1. The molecule has 46 heavy (non-hydrogen) atoms. The highest BCUT2D eigenvalue weighted by Gasteiger charge is 2.33. The van der Waals surface area contributed by atoms with Crippen molar-refractivity contribution < 1.29 is 9.90 Å². The van der Waals surface area contributed by atoms with E-state index in [0.29, 0.717) is 34.5 Å². The SMILES string of the molecule is CCCC1CN(c2ccnc(C#CCNC(=O)c3cc4ncccn4n3)n2)CC(C)CC1c1cc(-c2ccccc2O)nnc1N. The predicted molar refractivity (Wildman–Crippen MR) is 175 cm³/mol. The van der Waals surface area contributed by atoms with Crippen LogP contribution in [0.1, 0.15) is 60.9 Å². The van der Waals surface area contributed by atoms with Crippen molar-refractivity contribution in [3.8, 4) is 28.8 Å². The maximum Gasteiger partial charge on any atom is 0.272 e. The van der Waals surface area contributed by atoms with Crippen LogP contribution >= 0.6 is 0 Å². The number of aromatic nitrogens is 7. The molecule has 6 rings (SSSR count). The fraction of sp³-hybridized carbons (Fsp3) is 0.324. The van der Waals surface area contributed by atoms with Crippen molar-refractivity contribution in [2.75, 3.05) is 30.3 Å². The van der Waals surface area contributed by atoms with Crippen LogP contribution in [0.5, 0.6) is 5.75 Å². The number of rotatable bonds is 7. The molecule has 0 aliphatic carbocycles. The van der Waals surface area contributed by atoms with Gasteiger partial charge < -0.3 is 21.1 Å². The number of aromatic hydroxyl groups is 1. The van der Waals surface area contributed by atoms with Gasteiger partial charge in [0.1, 0.15) is 17.4 Å². The van der Waals surface area contributed by atoms with E-state index in [1.807, 2.05) is 24.3 Å². The molecular weight excluding hydrogens is 580 g/mol. The van der Waals surface area contributed by atoms with Gasteiger partial charge in [-0.2, -0.15) is 5.10 Å². The van der Waals surface area contributed by atoms with Gasteiger partial charge in [0.25, 0.3) is 5.91 Å². The summed E-state index contributed by atoms with van der Waals surface area (Å²) in [5.41, 5.74) is 9.54. The van der Waals surface area contributed by atoms with Crippen molar-refractivity contribution in [2.45, 2.75) is 39.0 Å². The van der Waals surface area contributed by atoms with Crippen molar-refractivity contribution in [1.29, 1.82) is 0 Å². The molecule has 4 aromatic heterocycles. The molecule has 1 aromatic carbocycles. The summed E-state index contributed by atoms with van der Waals surface area (Å²) in [6.07, 6.45) is 8.05. The molecule has 1 saturated heterocycles. The highest BCUT2D eigenvalue weighted by Crippen LogP contribution is 2.41. The van der Waals surface area contributed by atoms with E-state index >= 15 is 0 Å². The Morgan fingerprint density at radius 2 is 1.98 bits per heavy atom. The van der Waals surface area contributed by atoms with E-state index in [4.69, 9.17) is 10.7 Å². The normalized spacial score (nSPS) is 18.0. The van der Waals surface area contributed by atoms with Crippen LogP contribution in [0.2, 0.25) is 0 Å². The molecule has 3 unspecified atom stereocenters. The molecule has 12 nitrogen and oxygen atoms in total. The first kappa shape index (κ1) is 30.5. The fourth-order valence-corrected chi connectivity index (χ4v) is 6.19. The molecule has 1 aliphatic rings. The number of phenols is 1. The Hall–Kier alpha value is -5.57. The van der Waals surface area contributed by atoms with Crippen molar-refractivity contribution in [2.24, 2.45) is 11.8 Å². The Labute approximate surface area is 267 Å². The maximum atomic E-state index is 12.5. The number of carbonyl (C=O) groups is 1. The van der Waals surface area contributed by atoms with E-state index in [1.165, 1.54) is 0 Å². The molecule has 0 saturated carbocycles. The molecule has 1 aliphatic heterocycles. The number of hydrogen-bond donors (Lipinski definition) is 3. The molecule has 3 atom stereocenters. The smallest absolute Gasteiger partial charge is 0.272 e. The lowest BCUT2D eigenvalue weighted by molar-refractivity contribution is 0.0953. The van der Waals surface area contributed by atoms with E-state index in [9.17, 15) is 9.90 Å². The highest BCUT2D eigenvalue weighted by atomic mass is 16.3. The van der Waals surface area contributed by atoms with Gasteiger partial charge in [0.05, 0.1) is 12.2 Å². The molecule has 5 heterocycles. The van der Waals surface area contributed by atoms with Crippen molar-refractivity contribution >= 4 is 23.2 Å².